The normalized spacial score (nSPS) is 11.3. The quantitative estimate of drug-likeness (QED) is 0.439. The predicted molar refractivity (Wildman–Crippen MR) is 94.5 cm³/mol. The molecule has 0 radical (unpaired) electrons. The van der Waals surface area contributed by atoms with Gasteiger partial charge < -0.3 is 19.4 Å². The Bertz CT molecular complexity index is 923. The van der Waals surface area contributed by atoms with Crippen LogP contribution in [0.25, 0.3) is 0 Å². The summed E-state index contributed by atoms with van der Waals surface area (Å²) in [4.78, 5) is 46.1. The number of aromatic nitrogens is 1. The molecule has 27 heavy (non-hydrogen) atoms. The Kier molecular flexibility index (Phi) is 6.26. The number of nitro benzene ring substituents is 1. The Balaban J connectivity index is 2.03. The molecule has 0 aliphatic carbocycles. The van der Waals surface area contributed by atoms with Crippen molar-refractivity contribution in [3.63, 3.8) is 0 Å². The van der Waals surface area contributed by atoms with E-state index in [0.717, 1.165) is 10.6 Å². The van der Waals surface area contributed by atoms with E-state index in [9.17, 15) is 24.5 Å². The third kappa shape index (κ3) is 5.14. The number of carbonyl (C=O) groups is 2. The van der Waals surface area contributed by atoms with Crippen LogP contribution in [0.1, 0.15) is 6.92 Å². The minimum atomic E-state index is -1.22. The minimum Gasteiger partial charge on any atom is -0.496 e. The van der Waals surface area contributed by atoms with Crippen LogP contribution in [-0.4, -0.2) is 34.6 Å². The molecule has 1 aromatic heterocycles. The van der Waals surface area contributed by atoms with Crippen molar-refractivity contribution in [1.29, 1.82) is 0 Å². The lowest BCUT2D eigenvalue weighted by Gasteiger charge is -2.14. The number of pyridine rings is 1. The Hall–Kier alpha value is -3.69. The standard InChI is InChI=1S/C17H17N3O7/c1-11(27-16(22)10-19-8-4-3-5-15(19)21)17(23)18-13-7-6-12(26-2)9-14(13)20(24)25/h3-9,11H,10H2,1-2H3,(H,18,23)/t11-/m0/s1. The van der Waals surface area contributed by atoms with Gasteiger partial charge in [0.25, 0.3) is 17.2 Å². The third-order valence-electron chi connectivity index (χ3n) is 3.54. The summed E-state index contributed by atoms with van der Waals surface area (Å²) in [5, 5.41) is 13.5. The van der Waals surface area contributed by atoms with E-state index in [-0.39, 0.29) is 29.2 Å². The van der Waals surface area contributed by atoms with Crippen molar-refractivity contribution in [3.05, 3.63) is 63.1 Å². The highest BCUT2D eigenvalue weighted by Gasteiger charge is 2.22. The van der Waals surface area contributed by atoms with Crippen LogP contribution in [0.2, 0.25) is 0 Å². The number of ether oxygens (including phenoxy) is 2. The van der Waals surface area contributed by atoms with Gasteiger partial charge in [-0.05, 0) is 25.1 Å². The van der Waals surface area contributed by atoms with Crippen LogP contribution >= 0.6 is 0 Å². The minimum absolute atomic E-state index is 0.0621. The van der Waals surface area contributed by atoms with Gasteiger partial charge in [0.2, 0.25) is 0 Å². The third-order valence-corrected chi connectivity index (χ3v) is 3.54. The van der Waals surface area contributed by atoms with E-state index in [1.165, 1.54) is 44.5 Å². The first kappa shape index (κ1) is 19.6. The summed E-state index contributed by atoms with van der Waals surface area (Å²) in [6.45, 7) is 0.955. The van der Waals surface area contributed by atoms with E-state index < -0.39 is 22.9 Å². The number of carbonyl (C=O) groups excluding carboxylic acids is 2. The van der Waals surface area contributed by atoms with Crippen LogP contribution in [0.3, 0.4) is 0 Å². The van der Waals surface area contributed by atoms with Gasteiger partial charge in [0.15, 0.2) is 6.10 Å². The maximum atomic E-state index is 12.2. The lowest BCUT2D eigenvalue weighted by Crippen LogP contribution is -2.32. The van der Waals surface area contributed by atoms with Crippen molar-refractivity contribution in [2.75, 3.05) is 12.4 Å². The van der Waals surface area contributed by atoms with Gasteiger partial charge in [-0.2, -0.15) is 0 Å². The average molecular weight is 375 g/mol. The molecular formula is C17H17N3O7. The second-order valence-corrected chi connectivity index (χ2v) is 5.43. The molecule has 0 bridgehead atoms. The van der Waals surface area contributed by atoms with Gasteiger partial charge in [-0.1, -0.05) is 6.07 Å². The highest BCUT2D eigenvalue weighted by molar-refractivity contribution is 5.97. The highest BCUT2D eigenvalue weighted by Crippen LogP contribution is 2.29. The topological polar surface area (TPSA) is 130 Å². The molecule has 1 amide bonds. The molecule has 0 fully saturated rings. The fraction of sp³-hybridized carbons (Fsp3) is 0.235. The van der Waals surface area contributed by atoms with Gasteiger partial charge in [0.1, 0.15) is 18.0 Å². The predicted octanol–water partition coefficient (Wildman–Crippen LogP) is 1.34. The number of nitrogens with zero attached hydrogens (tertiary/aromatic N) is 2. The monoisotopic (exact) mass is 375 g/mol. The van der Waals surface area contributed by atoms with Crippen LogP contribution in [-0.2, 0) is 20.9 Å². The van der Waals surface area contributed by atoms with E-state index in [2.05, 4.69) is 5.32 Å². The number of amides is 1. The Labute approximate surface area is 153 Å². The number of hydrogen-bond donors (Lipinski definition) is 1. The zero-order valence-corrected chi connectivity index (χ0v) is 14.6. The molecule has 1 N–H and O–H groups in total. The van der Waals surface area contributed by atoms with Crippen molar-refractivity contribution in [2.24, 2.45) is 0 Å². The summed E-state index contributed by atoms with van der Waals surface area (Å²) < 4.78 is 11.0. The zero-order valence-electron chi connectivity index (χ0n) is 14.6. The van der Waals surface area contributed by atoms with Gasteiger partial charge in [-0.25, -0.2) is 0 Å². The summed E-state index contributed by atoms with van der Waals surface area (Å²) in [6.07, 6.45) is 0.188. The van der Waals surface area contributed by atoms with Crippen molar-refractivity contribution >= 4 is 23.3 Å². The van der Waals surface area contributed by atoms with Crippen molar-refractivity contribution in [3.8, 4) is 5.75 Å². The van der Waals surface area contributed by atoms with E-state index in [1.54, 1.807) is 6.07 Å². The maximum absolute atomic E-state index is 12.2. The van der Waals surface area contributed by atoms with E-state index in [0.29, 0.717) is 0 Å². The van der Waals surface area contributed by atoms with Gasteiger partial charge in [-0.3, -0.25) is 24.5 Å². The number of nitrogens with one attached hydrogen (secondary N) is 1. The molecule has 142 valence electrons. The van der Waals surface area contributed by atoms with Crippen LogP contribution in [0.5, 0.6) is 5.75 Å². The summed E-state index contributed by atoms with van der Waals surface area (Å²) >= 11 is 0. The maximum Gasteiger partial charge on any atom is 0.326 e. The highest BCUT2D eigenvalue weighted by atomic mass is 16.6. The fourth-order valence-electron chi connectivity index (χ4n) is 2.15. The molecule has 1 atom stereocenters. The Morgan fingerprint density at radius 1 is 1.30 bits per heavy atom. The average Bonchev–Trinajstić information content (AvgIpc) is 2.63. The van der Waals surface area contributed by atoms with Crippen molar-refractivity contribution < 1.29 is 24.0 Å². The number of anilines is 1. The van der Waals surface area contributed by atoms with Gasteiger partial charge in [-0.15, -0.1) is 0 Å². The first-order valence-electron chi connectivity index (χ1n) is 7.80. The number of esters is 1. The first-order chi connectivity index (χ1) is 12.8. The summed E-state index contributed by atoms with van der Waals surface area (Å²) in [6, 6.07) is 8.31. The van der Waals surface area contributed by atoms with Crippen molar-refractivity contribution in [1.82, 2.24) is 4.57 Å². The molecule has 0 spiro atoms. The number of benzene rings is 1. The smallest absolute Gasteiger partial charge is 0.326 e. The summed E-state index contributed by atoms with van der Waals surface area (Å²) in [7, 11) is 1.36. The van der Waals surface area contributed by atoms with Gasteiger partial charge in [0.05, 0.1) is 18.1 Å². The number of rotatable bonds is 7. The van der Waals surface area contributed by atoms with Crippen molar-refractivity contribution in [2.45, 2.75) is 19.6 Å². The molecule has 1 heterocycles. The number of hydrogen-bond acceptors (Lipinski definition) is 7. The molecular weight excluding hydrogens is 358 g/mol. The van der Waals surface area contributed by atoms with E-state index >= 15 is 0 Å². The molecule has 2 aromatic rings. The molecule has 0 aliphatic rings. The molecule has 2 rings (SSSR count). The second kappa shape index (κ2) is 8.61. The van der Waals surface area contributed by atoms with Crippen LogP contribution in [0, 0.1) is 10.1 Å². The summed E-state index contributed by atoms with van der Waals surface area (Å²) in [5.41, 5.74) is -0.814. The number of methoxy groups -OCH3 is 1. The molecule has 0 aliphatic heterocycles. The molecule has 0 unspecified atom stereocenters. The van der Waals surface area contributed by atoms with E-state index in [4.69, 9.17) is 9.47 Å². The molecule has 0 saturated heterocycles. The molecule has 10 heteroatoms. The Morgan fingerprint density at radius 3 is 2.67 bits per heavy atom. The largest absolute Gasteiger partial charge is 0.496 e. The SMILES string of the molecule is COc1ccc(NC(=O)[C@H](C)OC(=O)Cn2ccccc2=O)c([N+](=O)[O-])c1. The molecule has 10 nitrogen and oxygen atoms in total. The van der Waals surface area contributed by atoms with Gasteiger partial charge in [0, 0.05) is 12.3 Å². The van der Waals surface area contributed by atoms with Crippen LogP contribution in [0.15, 0.2) is 47.4 Å². The van der Waals surface area contributed by atoms with E-state index in [1.807, 2.05) is 0 Å². The zero-order chi connectivity index (χ0) is 20.0. The number of nitro groups is 1. The Morgan fingerprint density at radius 2 is 2.04 bits per heavy atom. The van der Waals surface area contributed by atoms with Gasteiger partial charge >= 0.3 is 5.97 Å². The lowest BCUT2D eigenvalue weighted by molar-refractivity contribution is -0.384. The van der Waals surface area contributed by atoms with Crippen LogP contribution < -0.4 is 15.6 Å². The van der Waals surface area contributed by atoms with Crippen LogP contribution in [0.4, 0.5) is 11.4 Å². The summed E-state index contributed by atoms with van der Waals surface area (Å²) in [5.74, 6) is -1.29. The molecule has 0 saturated carbocycles. The fourth-order valence-corrected chi connectivity index (χ4v) is 2.15. The lowest BCUT2D eigenvalue weighted by atomic mass is 10.2. The molecule has 1 aromatic carbocycles. The second-order valence-electron chi connectivity index (χ2n) is 5.43. The first-order valence-corrected chi connectivity index (χ1v) is 7.80.